The zero-order valence-corrected chi connectivity index (χ0v) is 13.4. The van der Waals surface area contributed by atoms with Gasteiger partial charge in [-0.25, -0.2) is 9.59 Å². The molecule has 1 heterocycles. The number of carboxylic acids is 1. The number of amides is 1. The van der Waals surface area contributed by atoms with Crippen molar-refractivity contribution in [2.24, 2.45) is 0 Å². The number of benzene rings is 1. The Hall–Kier alpha value is -3.15. The lowest BCUT2D eigenvalue weighted by atomic mass is 10.1. The number of esters is 1. The van der Waals surface area contributed by atoms with Gasteiger partial charge in [0, 0.05) is 5.56 Å². The van der Waals surface area contributed by atoms with Crippen molar-refractivity contribution in [2.75, 3.05) is 7.11 Å². The number of rotatable bonds is 5. The number of carbonyl (C=O) groups is 3. The van der Waals surface area contributed by atoms with Gasteiger partial charge in [-0.15, -0.1) is 0 Å². The number of nitrogens with zero attached hydrogens (tertiary/aromatic N) is 1. The van der Waals surface area contributed by atoms with E-state index in [0.717, 1.165) is 0 Å². The fourth-order valence-electron chi connectivity index (χ4n) is 2.57. The zero-order valence-electron chi connectivity index (χ0n) is 13.4. The Morgan fingerprint density at radius 3 is 2.62 bits per heavy atom. The van der Waals surface area contributed by atoms with Gasteiger partial charge in [0.25, 0.3) is 5.91 Å². The first-order valence-electron chi connectivity index (χ1n) is 7.20. The Balaban J connectivity index is 2.44. The van der Waals surface area contributed by atoms with E-state index in [4.69, 9.17) is 9.84 Å². The van der Waals surface area contributed by atoms with Gasteiger partial charge in [-0.05, 0) is 30.7 Å². The SMILES string of the molecule is C=C/C=C(C(=O)OC)\C(=C/C)N1Cc2ccc(C(=O)O)cc2C1=O. The zero-order chi connectivity index (χ0) is 17.9. The van der Waals surface area contributed by atoms with Crippen LogP contribution >= 0.6 is 0 Å². The molecule has 0 aromatic heterocycles. The van der Waals surface area contributed by atoms with E-state index in [9.17, 15) is 14.4 Å². The van der Waals surface area contributed by atoms with E-state index >= 15 is 0 Å². The van der Waals surface area contributed by atoms with Crippen LogP contribution < -0.4 is 0 Å². The molecule has 0 unspecified atom stereocenters. The molecule has 1 aliphatic heterocycles. The molecule has 0 spiro atoms. The molecule has 2 rings (SSSR count). The predicted octanol–water partition coefficient (Wildman–Crippen LogP) is 2.53. The van der Waals surface area contributed by atoms with Crippen LogP contribution in [0.5, 0.6) is 0 Å². The van der Waals surface area contributed by atoms with Crippen LogP contribution in [-0.2, 0) is 16.1 Å². The molecular formula is C18H17NO5. The van der Waals surface area contributed by atoms with Gasteiger partial charge in [0.05, 0.1) is 30.5 Å². The topological polar surface area (TPSA) is 83.9 Å². The molecule has 1 aromatic carbocycles. The van der Waals surface area contributed by atoms with Crippen LogP contribution in [0.15, 0.2) is 54.3 Å². The standard InChI is InChI=1S/C18H17NO5/c1-4-6-13(18(23)24-3)15(5-2)19-10-12-8-7-11(17(21)22)9-14(12)16(19)20/h4-9H,1,10H2,2-3H3,(H,21,22)/b13-6+,15-5+. The summed E-state index contributed by atoms with van der Waals surface area (Å²) in [6.45, 7) is 5.52. The van der Waals surface area contributed by atoms with Gasteiger partial charge in [0.2, 0.25) is 0 Å². The van der Waals surface area contributed by atoms with E-state index in [1.54, 1.807) is 19.1 Å². The van der Waals surface area contributed by atoms with Crippen molar-refractivity contribution >= 4 is 17.8 Å². The first kappa shape index (κ1) is 17.2. The molecule has 1 aromatic rings. The number of aromatic carboxylic acids is 1. The molecule has 0 radical (unpaired) electrons. The fourth-order valence-corrected chi connectivity index (χ4v) is 2.57. The average molecular weight is 327 g/mol. The summed E-state index contributed by atoms with van der Waals surface area (Å²) in [5, 5.41) is 9.07. The third-order valence-corrected chi connectivity index (χ3v) is 3.69. The Kier molecular flexibility index (Phi) is 4.99. The average Bonchev–Trinajstić information content (AvgIpc) is 2.90. The summed E-state index contributed by atoms with van der Waals surface area (Å²) < 4.78 is 4.76. The van der Waals surface area contributed by atoms with E-state index in [1.807, 2.05) is 0 Å². The van der Waals surface area contributed by atoms with Crippen molar-refractivity contribution in [2.45, 2.75) is 13.5 Å². The molecule has 0 atom stereocenters. The smallest absolute Gasteiger partial charge is 0.339 e. The lowest BCUT2D eigenvalue weighted by molar-refractivity contribution is -0.135. The molecule has 1 amide bonds. The summed E-state index contributed by atoms with van der Waals surface area (Å²) in [6.07, 6.45) is 4.54. The molecular weight excluding hydrogens is 310 g/mol. The highest BCUT2D eigenvalue weighted by molar-refractivity contribution is 6.04. The van der Waals surface area contributed by atoms with E-state index in [-0.39, 0.29) is 23.6 Å². The number of methoxy groups -OCH3 is 1. The van der Waals surface area contributed by atoms with Crippen molar-refractivity contribution < 1.29 is 24.2 Å². The minimum Gasteiger partial charge on any atom is -0.478 e. The number of carboxylic acid groups (broad SMARTS) is 1. The summed E-state index contributed by atoms with van der Waals surface area (Å²) in [5.74, 6) is -2.05. The molecule has 0 fully saturated rings. The molecule has 0 saturated heterocycles. The largest absolute Gasteiger partial charge is 0.478 e. The van der Waals surface area contributed by atoms with Crippen molar-refractivity contribution in [3.8, 4) is 0 Å². The Bertz CT molecular complexity index is 789. The van der Waals surface area contributed by atoms with Gasteiger partial charge in [-0.3, -0.25) is 4.79 Å². The highest BCUT2D eigenvalue weighted by atomic mass is 16.5. The van der Waals surface area contributed by atoms with Gasteiger partial charge in [-0.1, -0.05) is 24.8 Å². The lowest BCUT2D eigenvalue weighted by Crippen LogP contribution is -2.27. The molecule has 6 heteroatoms. The van der Waals surface area contributed by atoms with Crippen molar-refractivity contribution in [1.82, 2.24) is 4.90 Å². The van der Waals surface area contributed by atoms with Crippen molar-refractivity contribution in [3.05, 3.63) is 71.0 Å². The van der Waals surface area contributed by atoms with Crippen LogP contribution in [0, 0.1) is 0 Å². The lowest BCUT2D eigenvalue weighted by Gasteiger charge is -2.20. The number of hydrogen-bond donors (Lipinski definition) is 1. The molecule has 124 valence electrons. The summed E-state index contributed by atoms with van der Waals surface area (Å²) in [5.41, 5.74) is 1.65. The first-order valence-corrected chi connectivity index (χ1v) is 7.20. The molecule has 1 N–H and O–H groups in total. The summed E-state index contributed by atoms with van der Waals surface area (Å²) in [6, 6.07) is 4.41. The van der Waals surface area contributed by atoms with Crippen LogP contribution in [0.2, 0.25) is 0 Å². The van der Waals surface area contributed by atoms with Gasteiger partial charge in [0.1, 0.15) is 0 Å². The number of hydrogen-bond acceptors (Lipinski definition) is 4. The molecule has 0 saturated carbocycles. The fraction of sp³-hybridized carbons (Fsp3) is 0.167. The van der Waals surface area contributed by atoms with Crippen molar-refractivity contribution in [1.29, 1.82) is 0 Å². The van der Waals surface area contributed by atoms with E-state index in [1.165, 1.54) is 36.3 Å². The van der Waals surface area contributed by atoms with Gasteiger partial charge in [0.15, 0.2) is 0 Å². The second-order valence-electron chi connectivity index (χ2n) is 5.05. The molecule has 1 aliphatic rings. The Labute approximate surface area is 139 Å². The predicted molar refractivity (Wildman–Crippen MR) is 87.3 cm³/mol. The number of ether oxygens (including phenoxy) is 1. The maximum atomic E-state index is 12.7. The third kappa shape index (κ3) is 2.99. The second kappa shape index (κ2) is 6.95. The number of carbonyl (C=O) groups excluding carboxylic acids is 2. The highest BCUT2D eigenvalue weighted by Gasteiger charge is 2.33. The quantitative estimate of drug-likeness (QED) is 0.510. The van der Waals surface area contributed by atoms with Crippen molar-refractivity contribution in [3.63, 3.8) is 0 Å². The minimum atomic E-state index is -1.10. The van der Waals surface area contributed by atoms with Crippen LogP contribution in [0.4, 0.5) is 0 Å². The third-order valence-electron chi connectivity index (χ3n) is 3.69. The Morgan fingerprint density at radius 1 is 1.38 bits per heavy atom. The summed E-state index contributed by atoms with van der Waals surface area (Å²) in [7, 11) is 1.26. The first-order chi connectivity index (χ1) is 11.4. The maximum absolute atomic E-state index is 12.7. The molecule has 0 bridgehead atoms. The summed E-state index contributed by atoms with van der Waals surface area (Å²) >= 11 is 0. The minimum absolute atomic E-state index is 0.0424. The van der Waals surface area contributed by atoms with E-state index in [2.05, 4.69) is 6.58 Å². The normalized spacial score (nSPS) is 14.4. The Morgan fingerprint density at radius 2 is 2.08 bits per heavy atom. The van der Waals surface area contributed by atoms with Crippen LogP contribution in [0.1, 0.15) is 33.2 Å². The highest BCUT2D eigenvalue weighted by Crippen LogP contribution is 2.30. The molecule has 6 nitrogen and oxygen atoms in total. The van der Waals surface area contributed by atoms with Crippen LogP contribution in [0.25, 0.3) is 0 Å². The van der Waals surface area contributed by atoms with Gasteiger partial charge in [-0.2, -0.15) is 0 Å². The van der Waals surface area contributed by atoms with Crippen LogP contribution in [-0.4, -0.2) is 35.0 Å². The van der Waals surface area contributed by atoms with Crippen LogP contribution in [0.3, 0.4) is 0 Å². The molecule has 24 heavy (non-hydrogen) atoms. The number of allylic oxidation sites excluding steroid dienone is 3. The number of fused-ring (bicyclic) bond motifs is 1. The summed E-state index contributed by atoms with van der Waals surface area (Å²) in [4.78, 5) is 37.2. The monoisotopic (exact) mass is 327 g/mol. The maximum Gasteiger partial charge on any atom is 0.339 e. The van der Waals surface area contributed by atoms with Gasteiger partial charge >= 0.3 is 11.9 Å². The molecule has 0 aliphatic carbocycles. The van der Waals surface area contributed by atoms with E-state index in [0.29, 0.717) is 16.8 Å². The van der Waals surface area contributed by atoms with E-state index < -0.39 is 11.9 Å². The second-order valence-corrected chi connectivity index (χ2v) is 5.05. The van der Waals surface area contributed by atoms with Gasteiger partial charge < -0.3 is 14.7 Å².